The molecule has 0 aromatic rings. The summed E-state index contributed by atoms with van der Waals surface area (Å²) in [5.74, 6) is 2.75. The quantitative estimate of drug-likeness (QED) is 0.788. The molecule has 2 aliphatic heterocycles. The molecule has 4 heteroatoms. The maximum Gasteiger partial charge on any atom is 0.164 e. The molecule has 104 valence electrons. The second kappa shape index (κ2) is 6.40. The zero-order valence-electron chi connectivity index (χ0n) is 11.4. The van der Waals surface area contributed by atoms with E-state index in [4.69, 9.17) is 9.47 Å². The summed E-state index contributed by atoms with van der Waals surface area (Å²) in [4.78, 5) is 12.3. The highest BCUT2D eigenvalue weighted by Crippen LogP contribution is 2.40. The van der Waals surface area contributed by atoms with Crippen LogP contribution in [0.4, 0.5) is 0 Å². The first-order chi connectivity index (χ1) is 8.67. The van der Waals surface area contributed by atoms with Gasteiger partial charge in [-0.05, 0) is 51.0 Å². The van der Waals surface area contributed by atoms with Crippen molar-refractivity contribution in [1.82, 2.24) is 0 Å². The Kier molecular flexibility index (Phi) is 5.10. The summed E-state index contributed by atoms with van der Waals surface area (Å²) >= 11 is 2.00. The summed E-state index contributed by atoms with van der Waals surface area (Å²) < 4.78 is 11.5. The third kappa shape index (κ3) is 3.28. The maximum absolute atomic E-state index is 12.3. The fourth-order valence-corrected chi connectivity index (χ4v) is 4.26. The van der Waals surface area contributed by atoms with Crippen molar-refractivity contribution in [2.45, 2.75) is 51.2 Å². The zero-order chi connectivity index (χ0) is 13.0. The Morgan fingerprint density at radius 2 is 2.22 bits per heavy atom. The average Bonchev–Trinajstić information content (AvgIpc) is 2.39. The Balaban J connectivity index is 1.95. The number of ether oxygens (including phenoxy) is 2. The predicted octanol–water partition coefficient (Wildman–Crippen LogP) is 2.67. The van der Waals surface area contributed by atoms with Crippen LogP contribution in [0, 0.1) is 5.92 Å². The van der Waals surface area contributed by atoms with Crippen molar-refractivity contribution in [1.29, 1.82) is 0 Å². The van der Waals surface area contributed by atoms with Crippen LogP contribution in [0.2, 0.25) is 0 Å². The van der Waals surface area contributed by atoms with Crippen molar-refractivity contribution in [2.75, 3.05) is 24.7 Å². The molecule has 0 aliphatic carbocycles. The van der Waals surface area contributed by atoms with Gasteiger partial charge in [0, 0.05) is 19.1 Å². The molecule has 0 amide bonds. The van der Waals surface area contributed by atoms with Gasteiger partial charge in [-0.1, -0.05) is 0 Å². The molecule has 0 saturated carbocycles. The van der Waals surface area contributed by atoms with Gasteiger partial charge in [-0.25, -0.2) is 0 Å². The molecule has 0 aromatic heterocycles. The third-order valence-corrected chi connectivity index (χ3v) is 5.10. The fraction of sp³-hybridized carbons (Fsp3) is 0.929. The summed E-state index contributed by atoms with van der Waals surface area (Å²) in [5, 5.41) is 0. The smallest absolute Gasteiger partial charge is 0.164 e. The van der Waals surface area contributed by atoms with Gasteiger partial charge in [-0.15, -0.1) is 0 Å². The molecule has 2 atom stereocenters. The summed E-state index contributed by atoms with van der Waals surface area (Å²) in [6.07, 6.45) is 3.72. The molecule has 2 heterocycles. The zero-order valence-corrected chi connectivity index (χ0v) is 12.3. The molecule has 0 aromatic carbocycles. The lowest BCUT2D eigenvalue weighted by Gasteiger charge is -2.43. The molecule has 3 nitrogen and oxygen atoms in total. The Morgan fingerprint density at radius 3 is 2.89 bits per heavy atom. The number of ketones is 1. The van der Waals surface area contributed by atoms with Crippen molar-refractivity contribution < 1.29 is 14.3 Å². The lowest BCUT2D eigenvalue weighted by Crippen LogP contribution is -2.46. The van der Waals surface area contributed by atoms with Gasteiger partial charge in [0.1, 0.15) is 6.10 Å². The highest BCUT2D eigenvalue weighted by Gasteiger charge is 2.41. The summed E-state index contributed by atoms with van der Waals surface area (Å²) in [5.41, 5.74) is -0.00421. The van der Waals surface area contributed by atoms with Gasteiger partial charge < -0.3 is 9.47 Å². The van der Waals surface area contributed by atoms with Gasteiger partial charge in [-0.2, -0.15) is 11.8 Å². The molecule has 2 saturated heterocycles. The second-order valence-corrected chi connectivity index (χ2v) is 6.56. The van der Waals surface area contributed by atoms with Crippen LogP contribution >= 0.6 is 11.8 Å². The van der Waals surface area contributed by atoms with E-state index in [1.54, 1.807) is 0 Å². The summed E-state index contributed by atoms with van der Waals surface area (Å²) in [7, 11) is 0. The number of Topliss-reactive ketones (excluding diaryl/α,β-unsaturated/α-hetero) is 1. The van der Waals surface area contributed by atoms with Crippen molar-refractivity contribution in [3.63, 3.8) is 0 Å². The van der Waals surface area contributed by atoms with E-state index in [1.807, 2.05) is 25.6 Å². The third-order valence-electron chi connectivity index (χ3n) is 4.12. The lowest BCUT2D eigenvalue weighted by molar-refractivity contribution is -0.147. The average molecular weight is 272 g/mol. The number of hydrogen-bond acceptors (Lipinski definition) is 4. The number of carbonyl (C=O) groups is 1. The van der Waals surface area contributed by atoms with E-state index < -0.39 is 0 Å². The van der Waals surface area contributed by atoms with Crippen molar-refractivity contribution in [3.05, 3.63) is 0 Å². The number of hydrogen-bond donors (Lipinski definition) is 0. The van der Waals surface area contributed by atoms with E-state index in [1.165, 1.54) is 11.5 Å². The largest absolute Gasteiger partial charge is 0.375 e. The van der Waals surface area contributed by atoms with E-state index in [0.717, 1.165) is 32.3 Å². The van der Waals surface area contributed by atoms with Crippen LogP contribution in [0.5, 0.6) is 0 Å². The minimum atomic E-state index is -0.256. The number of carbonyl (C=O) groups excluding carboxylic acids is 1. The summed E-state index contributed by atoms with van der Waals surface area (Å²) in [6.45, 7) is 5.16. The summed E-state index contributed by atoms with van der Waals surface area (Å²) in [6, 6.07) is 0. The van der Waals surface area contributed by atoms with E-state index in [2.05, 4.69) is 0 Å². The maximum atomic E-state index is 12.3. The normalized spacial score (nSPS) is 29.1. The minimum Gasteiger partial charge on any atom is -0.375 e. The molecule has 0 bridgehead atoms. The molecular weight excluding hydrogens is 248 g/mol. The highest BCUT2D eigenvalue weighted by molar-refractivity contribution is 7.99. The molecule has 1 spiro atoms. The molecule has 2 unspecified atom stereocenters. The molecule has 2 rings (SSSR count). The lowest BCUT2D eigenvalue weighted by atomic mass is 9.79. The van der Waals surface area contributed by atoms with Crippen LogP contribution < -0.4 is 0 Å². The Morgan fingerprint density at radius 1 is 1.50 bits per heavy atom. The van der Waals surface area contributed by atoms with Gasteiger partial charge in [0.2, 0.25) is 0 Å². The first kappa shape index (κ1) is 14.4. The standard InChI is InChI=1S/C14H24O3S/c1-3-16-11(2)13(15)12-4-7-17-14(10-12)5-8-18-9-6-14/h11-12H,3-10H2,1-2H3. The highest BCUT2D eigenvalue weighted by atomic mass is 32.2. The minimum absolute atomic E-state index is 0.00421. The Labute approximate surface area is 114 Å². The monoisotopic (exact) mass is 272 g/mol. The Bertz CT molecular complexity index is 281. The van der Waals surface area contributed by atoms with Gasteiger partial charge >= 0.3 is 0 Å². The van der Waals surface area contributed by atoms with Crippen LogP contribution in [-0.2, 0) is 14.3 Å². The van der Waals surface area contributed by atoms with E-state index in [9.17, 15) is 4.79 Å². The molecule has 18 heavy (non-hydrogen) atoms. The van der Waals surface area contributed by atoms with Crippen molar-refractivity contribution in [2.24, 2.45) is 5.92 Å². The molecule has 2 fully saturated rings. The fourth-order valence-electron chi connectivity index (χ4n) is 3.03. The van der Waals surface area contributed by atoms with Crippen LogP contribution in [0.25, 0.3) is 0 Å². The van der Waals surface area contributed by atoms with E-state index in [0.29, 0.717) is 6.61 Å². The van der Waals surface area contributed by atoms with Gasteiger partial charge in [-0.3, -0.25) is 4.79 Å². The number of rotatable bonds is 4. The predicted molar refractivity (Wildman–Crippen MR) is 74.1 cm³/mol. The van der Waals surface area contributed by atoms with Crippen LogP contribution in [0.3, 0.4) is 0 Å². The topological polar surface area (TPSA) is 35.5 Å². The van der Waals surface area contributed by atoms with Crippen LogP contribution in [-0.4, -0.2) is 42.2 Å². The molecular formula is C14H24O3S. The Hall–Kier alpha value is -0.0600. The van der Waals surface area contributed by atoms with Gasteiger partial charge in [0.15, 0.2) is 5.78 Å². The van der Waals surface area contributed by atoms with E-state index in [-0.39, 0.29) is 23.4 Å². The molecule has 2 aliphatic rings. The van der Waals surface area contributed by atoms with Crippen molar-refractivity contribution in [3.8, 4) is 0 Å². The second-order valence-electron chi connectivity index (χ2n) is 5.33. The van der Waals surface area contributed by atoms with E-state index >= 15 is 0 Å². The first-order valence-corrected chi connectivity index (χ1v) is 8.19. The van der Waals surface area contributed by atoms with Gasteiger partial charge in [0.25, 0.3) is 0 Å². The molecule has 0 radical (unpaired) electrons. The number of thioether (sulfide) groups is 1. The van der Waals surface area contributed by atoms with Crippen LogP contribution in [0.15, 0.2) is 0 Å². The molecule has 0 N–H and O–H groups in total. The van der Waals surface area contributed by atoms with Crippen LogP contribution in [0.1, 0.15) is 39.5 Å². The van der Waals surface area contributed by atoms with Gasteiger partial charge in [0.05, 0.1) is 5.60 Å². The first-order valence-electron chi connectivity index (χ1n) is 7.04. The SMILES string of the molecule is CCOC(C)C(=O)C1CCOC2(CCSCC2)C1. The van der Waals surface area contributed by atoms with Crippen molar-refractivity contribution >= 4 is 17.5 Å².